The number of carbonyl (C=O) groups is 1. The molecule has 2 N–H and O–H groups in total. The number of halogens is 1. The van der Waals surface area contributed by atoms with Gasteiger partial charge in [0, 0.05) is 23.3 Å². The zero-order chi connectivity index (χ0) is 15.0. The number of nitrogens with one attached hydrogen (secondary N) is 2. The van der Waals surface area contributed by atoms with Crippen LogP contribution in [-0.4, -0.2) is 36.0 Å². The first-order chi connectivity index (χ1) is 10.0. The van der Waals surface area contributed by atoms with Gasteiger partial charge in [-0.05, 0) is 58.0 Å². The third kappa shape index (κ3) is 2.94. The smallest absolute Gasteiger partial charge is 0.246 e. The second kappa shape index (κ2) is 5.73. The van der Waals surface area contributed by atoms with E-state index in [2.05, 4.69) is 29.4 Å². The summed E-state index contributed by atoms with van der Waals surface area (Å²) in [6.07, 6.45) is 2.04. The topological polar surface area (TPSA) is 44.4 Å². The fourth-order valence-corrected chi connectivity index (χ4v) is 3.22. The van der Waals surface area contributed by atoms with E-state index < -0.39 is 6.04 Å². The molecule has 2 aliphatic heterocycles. The van der Waals surface area contributed by atoms with Crippen molar-refractivity contribution < 1.29 is 9.18 Å². The maximum absolute atomic E-state index is 13.4. The van der Waals surface area contributed by atoms with Gasteiger partial charge in [-0.3, -0.25) is 10.1 Å². The Morgan fingerprint density at radius 1 is 1.33 bits per heavy atom. The van der Waals surface area contributed by atoms with Crippen molar-refractivity contribution >= 4 is 11.6 Å². The fourth-order valence-electron chi connectivity index (χ4n) is 3.22. The quantitative estimate of drug-likeness (QED) is 0.898. The lowest BCUT2D eigenvalue weighted by atomic mass is 10.0. The van der Waals surface area contributed by atoms with Crippen LogP contribution in [0, 0.1) is 5.82 Å². The number of benzene rings is 1. The van der Waals surface area contributed by atoms with Gasteiger partial charge in [0.05, 0.1) is 0 Å². The van der Waals surface area contributed by atoms with Gasteiger partial charge in [-0.15, -0.1) is 0 Å². The summed E-state index contributed by atoms with van der Waals surface area (Å²) in [6.45, 7) is 6.49. The van der Waals surface area contributed by atoms with Gasteiger partial charge in [0.15, 0.2) is 0 Å². The van der Waals surface area contributed by atoms with Crippen molar-refractivity contribution in [3.05, 3.63) is 29.6 Å². The standard InChI is InChI=1S/C16H22FN3O/c1-10(2)20-7-5-12(6-8-20)18-15-13-9-11(17)3-4-14(13)19-16(15)21/h3-4,9-10,12,15,18H,5-8H2,1-2H3,(H,19,21). The van der Waals surface area contributed by atoms with Crippen LogP contribution in [0.1, 0.15) is 38.3 Å². The highest BCUT2D eigenvalue weighted by Crippen LogP contribution is 2.32. The maximum Gasteiger partial charge on any atom is 0.246 e. The number of amides is 1. The Labute approximate surface area is 124 Å². The first-order valence-corrected chi connectivity index (χ1v) is 7.65. The maximum atomic E-state index is 13.4. The van der Waals surface area contributed by atoms with E-state index in [-0.39, 0.29) is 11.7 Å². The molecule has 0 aliphatic carbocycles. The lowest BCUT2D eigenvalue weighted by molar-refractivity contribution is -0.118. The Morgan fingerprint density at radius 2 is 2.05 bits per heavy atom. The summed E-state index contributed by atoms with van der Waals surface area (Å²) in [6, 6.07) is 4.91. The number of likely N-dealkylation sites (tertiary alicyclic amines) is 1. The van der Waals surface area contributed by atoms with Crippen molar-refractivity contribution in [1.29, 1.82) is 0 Å². The van der Waals surface area contributed by atoms with E-state index in [9.17, 15) is 9.18 Å². The summed E-state index contributed by atoms with van der Waals surface area (Å²) in [4.78, 5) is 14.5. The van der Waals surface area contributed by atoms with E-state index in [1.165, 1.54) is 12.1 Å². The first-order valence-electron chi connectivity index (χ1n) is 7.65. The lowest BCUT2D eigenvalue weighted by Gasteiger charge is -2.35. The molecule has 1 aromatic carbocycles. The molecular weight excluding hydrogens is 269 g/mol. The Morgan fingerprint density at radius 3 is 2.71 bits per heavy atom. The van der Waals surface area contributed by atoms with Crippen LogP contribution in [0.2, 0.25) is 0 Å². The molecular formula is C16H22FN3O. The average Bonchev–Trinajstić information content (AvgIpc) is 2.76. The normalized spacial score (nSPS) is 23.4. The molecule has 0 radical (unpaired) electrons. The van der Waals surface area contributed by atoms with Crippen LogP contribution in [0.5, 0.6) is 0 Å². The second-order valence-electron chi connectivity index (χ2n) is 6.22. The summed E-state index contributed by atoms with van der Waals surface area (Å²) in [5.41, 5.74) is 1.45. The van der Waals surface area contributed by atoms with Crippen LogP contribution in [0.15, 0.2) is 18.2 Å². The highest BCUT2D eigenvalue weighted by atomic mass is 19.1. The van der Waals surface area contributed by atoms with Crippen molar-refractivity contribution in [3.8, 4) is 0 Å². The van der Waals surface area contributed by atoms with Crippen LogP contribution in [-0.2, 0) is 4.79 Å². The van der Waals surface area contributed by atoms with Crippen molar-refractivity contribution in [2.24, 2.45) is 0 Å². The van der Waals surface area contributed by atoms with Crippen molar-refractivity contribution in [2.75, 3.05) is 18.4 Å². The summed E-state index contributed by atoms with van der Waals surface area (Å²) in [7, 11) is 0. The highest BCUT2D eigenvalue weighted by Gasteiger charge is 2.33. The van der Waals surface area contributed by atoms with E-state index in [4.69, 9.17) is 0 Å². The molecule has 4 nitrogen and oxygen atoms in total. The summed E-state index contributed by atoms with van der Waals surface area (Å²) in [5.74, 6) is -0.381. The molecule has 1 fully saturated rings. The van der Waals surface area contributed by atoms with E-state index in [1.807, 2.05) is 0 Å². The van der Waals surface area contributed by atoms with Crippen LogP contribution in [0.3, 0.4) is 0 Å². The van der Waals surface area contributed by atoms with Gasteiger partial charge in [-0.1, -0.05) is 0 Å². The van der Waals surface area contributed by atoms with Gasteiger partial charge >= 0.3 is 0 Å². The number of anilines is 1. The Kier molecular flexibility index (Phi) is 3.95. The number of carbonyl (C=O) groups excluding carboxylic acids is 1. The predicted molar refractivity (Wildman–Crippen MR) is 80.6 cm³/mol. The summed E-state index contributed by atoms with van der Waals surface area (Å²) >= 11 is 0. The number of rotatable bonds is 3. The molecule has 1 unspecified atom stereocenters. The van der Waals surface area contributed by atoms with Gasteiger partial charge in [0.2, 0.25) is 5.91 Å². The fraction of sp³-hybridized carbons (Fsp3) is 0.562. The second-order valence-corrected chi connectivity index (χ2v) is 6.22. The molecule has 0 aromatic heterocycles. The first kappa shape index (κ1) is 14.5. The van der Waals surface area contributed by atoms with E-state index in [1.54, 1.807) is 6.07 Å². The van der Waals surface area contributed by atoms with Crippen LogP contribution in [0.25, 0.3) is 0 Å². The Hall–Kier alpha value is -1.46. The minimum Gasteiger partial charge on any atom is -0.324 e. The molecule has 1 aromatic rings. The molecule has 5 heteroatoms. The Balaban J connectivity index is 1.67. The molecule has 0 spiro atoms. The zero-order valence-electron chi connectivity index (χ0n) is 12.5. The largest absolute Gasteiger partial charge is 0.324 e. The van der Waals surface area contributed by atoms with Crippen molar-refractivity contribution in [1.82, 2.24) is 10.2 Å². The highest BCUT2D eigenvalue weighted by molar-refractivity contribution is 6.02. The molecule has 1 atom stereocenters. The molecule has 1 saturated heterocycles. The minimum atomic E-state index is -0.425. The number of fused-ring (bicyclic) bond motifs is 1. The minimum absolute atomic E-state index is 0.0816. The van der Waals surface area contributed by atoms with Crippen LogP contribution < -0.4 is 10.6 Å². The molecule has 114 valence electrons. The molecule has 3 rings (SSSR count). The van der Waals surface area contributed by atoms with E-state index in [0.29, 0.717) is 12.1 Å². The van der Waals surface area contributed by atoms with Gasteiger partial charge in [-0.25, -0.2) is 4.39 Å². The summed E-state index contributed by atoms with van der Waals surface area (Å²) < 4.78 is 13.4. The van der Waals surface area contributed by atoms with Gasteiger partial charge in [0.25, 0.3) is 0 Å². The third-order valence-electron chi connectivity index (χ3n) is 4.51. The van der Waals surface area contributed by atoms with Crippen LogP contribution in [0.4, 0.5) is 10.1 Å². The molecule has 0 bridgehead atoms. The van der Waals surface area contributed by atoms with Gasteiger partial charge < -0.3 is 10.2 Å². The molecule has 0 saturated carbocycles. The SMILES string of the molecule is CC(C)N1CCC(NC2C(=O)Nc3ccc(F)cc32)CC1. The van der Waals surface area contributed by atoms with Gasteiger partial charge in [0.1, 0.15) is 11.9 Å². The number of hydrogen-bond donors (Lipinski definition) is 2. The van der Waals surface area contributed by atoms with Crippen LogP contribution >= 0.6 is 0 Å². The monoisotopic (exact) mass is 291 g/mol. The number of nitrogens with zero attached hydrogens (tertiary/aromatic N) is 1. The van der Waals surface area contributed by atoms with E-state index in [0.717, 1.165) is 37.2 Å². The molecule has 21 heavy (non-hydrogen) atoms. The van der Waals surface area contributed by atoms with E-state index >= 15 is 0 Å². The predicted octanol–water partition coefficient (Wildman–Crippen LogP) is 2.28. The van der Waals surface area contributed by atoms with Crippen molar-refractivity contribution in [3.63, 3.8) is 0 Å². The summed E-state index contributed by atoms with van der Waals surface area (Å²) in [5, 5.41) is 6.22. The molecule has 1 amide bonds. The third-order valence-corrected chi connectivity index (χ3v) is 4.51. The van der Waals surface area contributed by atoms with Crippen molar-refractivity contribution in [2.45, 2.75) is 44.8 Å². The van der Waals surface area contributed by atoms with Gasteiger partial charge in [-0.2, -0.15) is 0 Å². The zero-order valence-corrected chi connectivity index (χ0v) is 12.5. The molecule has 2 heterocycles. The Bertz CT molecular complexity index is 538. The average molecular weight is 291 g/mol. The lowest BCUT2D eigenvalue weighted by Crippen LogP contribution is -2.46. The molecule has 2 aliphatic rings. The number of hydrogen-bond acceptors (Lipinski definition) is 3. The number of piperidine rings is 1.